The molecule has 144 valence electrons. The average molecular weight is 486 g/mol. The second kappa shape index (κ2) is 6.55. The lowest BCUT2D eigenvalue weighted by Gasteiger charge is -2.39. The molecule has 3 aliphatic rings. The van der Waals surface area contributed by atoms with Gasteiger partial charge in [0.25, 0.3) is 0 Å². The molecule has 0 aromatic heterocycles. The Balaban J connectivity index is 1.74. The van der Waals surface area contributed by atoms with Crippen molar-refractivity contribution in [3.63, 3.8) is 0 Å². The molecule has 0 saturated carbocycles. The van der Waals surface area contributed by atoms with Crippen molar-refractivity contribution in [3.05, 3.63) is 35.9 Å². The molecule has 0 aliphatic carbocycles. The second-order valence-corrected chi connectivity index (χ2v) is 7.52. The number of rotatable bonds is 3. The number of aliphatic hydroxyl groups excluding tert-OH is 3. The first kappa shape index (κ1) is 18.9. The van der Waals surface area contributed by atoms with E-state index in [0.29, 0.717) is 15.4 Å². The number of nitrogens with zero attached hydrogens (tertiary/aromatic N) is 4. The van der Waals surface area contributed by atoms with E-state index in [2.05, 4.69) is 15.0 Å². The molecule has 0 radical (unpaired) electrons. The van der Waals surface area contributed by atoms with Gasteiger partial charge in [0.15, 0.2) is 15.3 Å². The first-order chi connectivity index (χ1) is 12.8. The summed E-state index contributed by atoms with van der Waals surface area (Å²) >= 11 is 1.95. The van der Waals surface area contributed by atoms with E-state index in [1.165, 1.54) is 4.90 Å². The van der Waals surface area contributed by atoms with E-state index in [9.17, 15) is 15.3 Å². The van der Waals surface area contributed by atoms with Crippen LogP contribution in [0, 0.1) is 0 Å². The SMILES string of the molecule is NC1(c2ccccc2)N=C(I)N=C2C1=NCN2[C@]1(N)O[C@H](CO)[C@@H](O)[C@H]1O. The summed E-state index contributed by atoms with van der Waals surface area (Å²) in [5.74, 6) is -1.50. The van der Waals surface area contributed by atoms with Crippen LogP contribution in [0.4, 0.5) is 0 Å². The third-order valence-corrected chi connectivity index (χ3v) is 5.43. The largest absolute Gasteiger partial charge is 0.394 e. The maximum Gasteiger partial charge on any atom is 0.228 e. The molecule has 10 nitrogen and oxygen atoms in total. The van der Waals surface area contributed by atoms with Crippen LogP contribution in [0.3, 0.4) is 0 Å². The molecule has 5 atom stereocenters. The molecule has 0 amide bonds. The number of hydrogen-bond donors (Lipinski definition) is 5. The Morgan fingerprint density at radius 2 is 1.96 bits per heavy atom. The minimum Gasteiger partial charge on any atom is -0.394 e. The molecule has 4 rings (SSSR count). The molecular formula is C16H19IN6O4. The Labute approximate surface area is 168 Å². The lowest BCUT2D eigenvalue weighted by atomic mass is 9.93. The van der Waals surface area contributed by atoms with Crippen molar-refractivity contribution in [2.45, 2.75) is 29.8 Å². The molecule has 1 aromatic carbocycles. The number of nitrogens with two attached hydrogens (primary N) is 2. The van der Waals surface area contributed by atoms with Crippen molar-refractivity contribution in [2.75, 3.05) is 13.3 Å². The van der Waals surface area contributed by atoms with Crippen molar-refractivity contribution in [1.82, 2.24) is 4.90 Å². The number of amidine groups is 2. The summed E-state index contributed by atoms with van der Waals surface area (Å²) in [6, 6.07) is 9.25. The van der Waals surface area contributed by atoms with Gasteiger partial charge in [0, 0.05) is 28.2 Å². The third-order valence-electron chi connectivity index (χ3n) is 4.95. The Bertz CT molecular complexity index is 849. The zero-order valence-electron chi connectivity index (χ0n) is 14.1. The van der Waals surface area contributed by atoms with Gasteiger partial charge in [0.05, 0.1) is 6.61 Å². The van der Waals surface area contributed by atoms with Gasteiger partial charge in [0.2, 0.25) is 5.85 Å². The summed E-state index contributed by atoms with van der Waals surface area (Å²) in [5.41, 5.74) is 12.7. The molecule has 1 fully saturated rings. The Morgan fingerprint density at radius 1 is 1.26 bits per heavy atom. The van der Waals surface area contributed by atoms with Crippen LogP contribution in [0.5, 0.6) is 0 Å². The van der Waals surface area contributed by atoms with Crippen LogP contribution in [0.2, 0.25) is 0 Å². The van der Waals surface area contributed by atoms with Crippen LogP contribution < -0.4 is 11.5 Å². The normalized spacial score (nSPS) is 38.4. The highest BCUT2D eigenvalue weighted by Gasteiger charge is 2.59. The number of halogens is 1. The lowest BCUT2D eigenvalue weighted by Crippen LogP contribution is -2.66. The van der Waals surface area contributed by atoms with Crippen LogP contribution in [-0.2, 0) is 10.4 Å². The van der Waals surface area contributed by atoms with Crippen molar-refractivity contribution < 1.29 is 20.1 Å². The maximum atomic E-state index is 10.5. The van der Waals surface area contributed by atoms with Gasteiger partial charge < -0.3 is 20.1 Å². The van der Waals surface area contributed by atoms with Gasteiger partial charge in [-0.2, -0.15) is 0 Å². The smallest absolute Gasteiger partial charge is 0.228 e. The molecule has 1 saturated heterocycles. The number of ether oxygens (including phenoxy) is 1. The van der Waals surface area contributed by atoms with Crippen LogP contribution in [0.25, 0.3) is 0 Å². The standard InChI is InChI=1S/C16H19IN6O4/c17-14-21-13-11(15(18,22-14)8-4-2-1-3-5-8)20-7-23(13)16(19)12(26)10(25)9(6-24)27-16/h1-5,9-10,12,24-26H,6-7,18-19H2/t9-,10-,12-,15?,16+/m1/s1. The van der Waals surface area contributed by atoms with E-state index in [0.717, 1.165) is 5.56 Å². The fourth-order valence-electron chi connectivity index (χ4n) is 3.49. The van der Waals surface area contributed by atoms with E-state index in [4.69, 9.17) is 16.2 Å². The van der Waals surface area contributed by atoms with Crippen LogP contribution in [0.15, 0.2) is 45.3 Å². The van der Waals surface area contributed by atoms with Crippen LogP contribution in [0.1, 0.15) is 5.56 Å². The van der Waals surface area contributed by atoms with Gasteiger partial charge in [-0.3, -0.25) is 21.4 Å². The van der Waals surface area contributed by atoms with Crippen LogP contribution in [-0.4, -0.2) is 73.0 Å². The highest BCUT2D eigenvalue weighted by atomic mass is 127. The molecule has 11 heteroatoms. The van der Waals surface area contributed by atoms with Gasteiger partial charge >= 0.3 is 0 Å². The van der Waals surface area contributed by atoms with Gasteiger partial charge in [-0.05, 0) is 0 Å². The zero-order valence-corrected chi connectivity index (χ0v) is 16.3. The lowest BCUT2D eigenvalue weighted by molar-refractivity contribution is -0.156. The summed E-state index contributed by atoms with van der Waals surface area (Å²) in [4.78, 5) is 14.8. The highest BCUT2D eigenvalue weighted by Crippen LogP contribution is 2.36. The monoisotopic (exact) mass is 486 g/mol. The fourth-order valence-corrected chi connectivity index (χ4v) is 4.10. The van der Waals surface area contributed by atoms with Crippen molar-refractivity contribution >= 4 is 38.0 Å². The summed E-state index contributed by atoms with van der Waals surface area (Å²) < 4.78 is 5.97. The molecule has 7 N–H and O–H groups in total. The van der Waals surface area contributed by atoms with E-state index in [-0.39, 0.29) is 6.67 Å². The minimum atomic E-state index is -1.82. The number of fused-ring (bicyclic) bond motifs is 1. The van der Waals surface area contributed by atoms with Crippen molar-refractivity contribution in [1.29, 1.82) is 0 Å². The van der Waals surface area contributed by atoms with Crippen molar-refractivity contribution in [2.24, 2.45) is 26.4 Å². The number of hydrogen-bond acceptors (Lipinski definition) is 10. The van der Waals surface area contributed by atoms with Crippen LogP contribution >= 0.6 is 22.6 Å². The minimum absolute atomic E-state index is 0.0117. The number of benzene rings is 1. The first-order valence-corrected chi connectivity index (χ1v) is 9.34. The summed E-state index contributed by atoms with van der Waals surface area (Å²) in [7, 11) is 0. The summed E-state index contributed by atoms with van der Waals surface area (Å²) in [6.45, 7) is -0.479. The zero-order chi connectivity index (χ0) is 19.4. The van der Waals surface area contributed by atoms with Gasteiger partial charge in [-0.15, -0.1) is 0 Å². The quantitative estimate of drug-likeness (QED) is 0.255. The number of aliphatic hydroxyl groups is 3. The highest BCUT2D eigenvalue weighted by molar-refractivity contribution is 14.1. The summed E-state index contributed by atoms with van der Waals surface area (Å²) in [5, 5.41) is 29.9. The van der Waals surface area contributed by atoms with Gasteiger partial charge in [-0.25, -0.2) is 9.98 Å². The van der Waals surface area contributed by atoms with Gasteiger partial charge in [0.1, 0.15) is 30.7 Å². The van der Waals surface area contributed by atoms with E-state index < -0.39 is 36.4 Å². The Morgan fingerprint density at radius 3 is 2.59 bits per heavy atom. The predicted molar refractivity (Wildman–Crippen MR) is 106 cm³/mol. The molecule has 27 heavy (non-hydrogen) atoms. The molecule has 3 heterocycles. The molecular weight excluding hydrogens is 467 g/mol. The Kier molecular flexibility index (Phi) is 4.57. The fraction of sp³-hybridized carbons (Fsp3) is 0.438. The topological polar surface area (TPSA) is 162 Å². The third kappa shape index (κ3) is 2.73. The molecule has 3 aliphatic heterocycles. The second-order valence-electron chi connectivity index (χ2n) is 6.55. The molecule has 0 bridgehead atoms. The summed E-state index contributed by atoms with van der Waals surface area (Å²) in [6.07, 6.45) is -3.85. The average Bonchev–Trinajstić information content (AvgIpc) is 3.18. The first-order valence-electron chi connectivity index (χ1n) is 8.26. The predicted octanol–water partition coefficient (Wildman–Crippen LogP) is -1.56. The van der Waals surface area contributed by atoms with Crippen molar-refractivity contribution in [3.8, 4) is 0 Å². The van der Waals surface area contributed by atoms with E-state index in [1.807, 2.05) is 52.9 Å². The molecule has 0 spiro atoms. The van der Waals surface area contributed by atoms with E-state index in [1.54, 1.807) is 0 Å². The molecule has 1 unspecified atom stereocenters. The number of aliphatic imine (C=N–C) groups is 3. The van der Waals surface area contributed by atoms with Gasteiger partial charge in [-0.1, -0.05) is 30.3 Å². The molecule has 1 aromatic rings. The Hall–Kier alpha value is -1.48. The maximum absolute atomic E-state index is 10.5. The van der Waals surface area contributed by atoms with E-state index >= 15 is 0 Å².